The Morgan fingerprint density at radius 1 is 1.64 bits per heavy atom. The normalized spacial score (nSPS) is 12.1. The predicted molar refractivity (Wildman–Crippen MR) is 39.6 cm³/mol. The van der Waals surface area contributed by atoms with E-state index in [0.29, 0.717) is 6.41 Å². The minimum absolute atomic E-state index is 0.0683. The largest absolute Gasteiger partial charge is 0.351 e. The summed E-state index contributed by atoms with van der Waals surface area (Å²) in [6.45, 7) is 1.85. The summed E-state index contributed by atoms with van der Waals surface area (Å²) < 4.78 is 0. The van der Waals surface area contributed by atoms with Gasteiger partial charge in [0, 0.05) is 12.4 Å². The summed E-state index contributed by atoms with van der Waals surface area (Å²) >= 11 is 0. The van der Waals surface area contributed by atoms with Gasteiger partial charge in [0.15, 0.2) is 0 Å². The Balaban J connectivity index is 2.68. The van der Waals surface area contributed by atoms with Crippen molar-refractivity contribution in [1.82, 2.24) is 15.3 Å². The smallest absolute Gasteiger partial charge is 0.207 e. The molecule has 0 radical (unpaired) electrons. The van der Waals surface area contributed by atoms with Crippen LogP contribution in [0.2, 0.25) is 0 Å². The third-order valence-corrected chi connectivity index (χ3v) is 1.34. The molecule has 0 saturated carbocycles. The molecule has 11 heavy (non-hydrogen) atoms. The number of rotatable bonds is 3. The molecular weight excluding hydrogens is 142 g/mol. The van der Waals surface area contributed by atoms with Crippen LogP contribution in [-0.2, 0) is 4.79 Å². The topological polar surface area (TPSA) is 54.9 Å². The molecule has 4 heteroatoms. The van der Waals surface area contributed by atoms with Crippen LogP contribution in [0.1, 0.15) is 18.7 Å². The van der Waals surface area contributed by atoms with Gasteiger partial charge < -0.3 is 5.32 Å². The van der Waals surface area contributed by atoms with E-state index < -0.39 is 0 Å². The fourth-order valence-corrected chi connectivity index (χ4v) is 0.722. The van der Waals surface area contributed by atoms with Gasteiger partial charge in [0.2, 0.25) is 6.41 Å². The molecule has 0 aromatic carbocycles. The molecule has 1 aromatic heterocycles. The molecule has 1 N–H and O–H groups in total. The standard InChI is InChI=1S/C7H9N3O/c1-6(10-5-11)7-4-8-2-3-9-7/h2-6H,1H3,(H,10,11). The fourth-order valence-electron chi connectivity index (χ4n) is 0.722. The minimum Gasteiger partial charge on any atom is -0.351 e. The molecule has 1 heterocycles. The van der Waals surface area contributed by atoms with Crippen LogP contribution >= 0.6 is 0 Å². The molecule has 0 aliphatic rings. The highest BCUT2D eigenvalue weighted by Gasteiger charge is 2.02. The van der Waals surface area contributed by atoms with Gasteiger partial charge in [0.05, 0.1) is 17.9 Å². The Labute approximate surface area is 64.7 Å². The van der Waals surface area contributed by atoms with Crippen molar-refractivity contribution in [2.45, 2.75) is 13.0 Å². The van der Waals surface area contributed by atoms with Gasteiger partial charge in [-0.05, 0) is 6.92 Å². The van der Waals surface area contributed by atoms with Crippen molar-refractivity contribution in [2.75, 3.05) is 0 Å². The molecule has 4 nitrogen and oxygen atoms in total. The third kappa shape index (κ3) is 2.00. The summed E-state index contributed by atoms with van der Waals surface area (Å²) in [5.41, 5.74) is 0.764. The zero-order chi connectivity index (χ0) is 8.10. The first kappa shape index (κ1) is 7.65. The lowest BCUT2D eigenvalue weighted by Crippen LogP contribution is -2.17. The molecule has 1 atom stereocenters. The van der Waals surface area contributed by atoms with E-state index in [0.717, 1.165) is 5.69 Å². The van der Waals surface area contributed by atoms with Crippen molar-refractivity contribution in [1.29, 1.82) is 0 Å². The highest BCUT2D eigenvalue weighted by atomic mass is 16.1. The lowest BCUT2D eigenvalue weighted by Gasteiger charge is -2.06. The molecule has 0 spiro atoms. The van der Waals surface area contributed by atoms with Crippen LogP contribution in [0.4, 0.5) is 0 Å². The average molecular weight is 151 g/mol. The Kier molecular flexibility index (Phi) is 2.54. The summed E-state index contributed by atoms with van der Waals surface area (Å²) in [4.78, 5) is 17.9. The maximum Gasteiger partial charge on any atom is 0.207 e. The van der Waals surface area contributed by atoms with Gasteiger partial charge in [-0.15, -0.1) is 0 Å². The number of amides is 1. The molecule has 1 unspecified atom stereocenters. The van der Waals surface area contributed by atoms with Crippen LogP contribution in [0.3, 0.4) is 0 Å². The van der Waals surface area contributed by atoms with E-state index in [-0.39, 0.29) is 6.04 Å². The zero-order valence-electron chi connectivity index (χ0n) is 6.19. The van der Waals surface area contributed by atoms with Gasteiger partial charge in [-0.25, -0.2) is 0 Å². The number of hydrogen-bond acceptors (Lipinski definition) is 3. The Hall–Kier alpha value is -1.45. The van der Waals surface area contributed by atoms with Crippen molar-refractivity contribution >= 4 is 6.41 Å². The number of nitrogens with one attached hydrogen (secondary N) is 1. The van der Waals surface area contributed by atoms with Crippen molar-refractivity contribution in [3.63, 3.8) is 0 Å². The minimum atomic E-state index is -0.0683. The number of aromatic nitrogens is 2. The number of nitrogens with zero attached hydrogens (tertiary/aromatic N) is 2. The van der Waals surface area contributed by atoms with Gasteiger partial charge >= 0.3 is 0 Å². The molecule has 1 aromatic rings. The summed E-state index contributed by atoms with van der Waals surface area (Å²) in [6.07, 6.45) is 5.47. The average Bonchev–Trinajstić information content (AvgIpc) is 2.07. The van der Waals surface area contributed by atoms with E-state index in [2.05, 4.69) is 15.3 Å². The van der Waals surface area contributed by atoms with Crippen molar-refractivity contribution in [3.05, 3.63) is 24.3 Å². The molecular formula is C7H9N3O. The van der Waals surface area contributed by atoms with E-state index in [1.807, 2.05) is 6.92 Å². The first-order valence-electron chi connectivity index (χ1n) is 3.30. The summed E-state index contributed by atoms with van der Waals surface area (Å²) in [5.74, 6) is 0. The Bertz CT molecular complexity index is 224. The van der Waals surface area contributed by atoms with Gasteiger partial charge in [0.1, 0.15) is 0 Å². The zero-order valence-corrected chi connectivity index (χ0v) is 6.19. The second kappa shape index (κ2) is 3.65. The van der Waals surface area contributed by atoms with Crippen molar-refractivity contribution in [2.24, 2.45) is 0 Å². The maximum atomic E-state index is 10.0. The molecule has 0 bridgehead atoms. The predicted octanol–water partition coefficient (Wildman–Crippen LogP) is 0.284. The van der Waals surface area contributed by atoms with Crippen LogP contribution in [0.5, 0.6) is 0 Å². The summed E-state index contributed by atoms with van der Waals surface area (Å²) in [5, 5.41) is 2.58. The Morgan fingerprint density at radius 2 is 2.45 bits per heavy atom. The fraction of sp³-hybridized carbons (Fsp3) is 0.286. The number of carbonyl (C=O) groups is 1. The molecule has 0 fully saturated rings. The first-order chi connectivity index (χ1) is 5.34. The van der Waals surface area contributed by atoms with E-state index in [4.69, 9.17) is 0 Å². The van der Waals surface area contributed by atoms with E-state index in [9.17, 15) is 4.79 Å². The monoisotopic (exact) mass is 151 g/mol. The number of hydrogen-bond donors (Lipinski definition) is 1. The van der Waals surface area contributed by atoms with Gasteiger partial charge in [-0.2, -0.15) is 0 Å². The summed E-state index contributed by atoms with van der Waals surface area (Å²) in [7, 11) is 0. The van der Waals surface area contributed by atoms with Crippen LogP contribution < -0.4 is 5.32 Å². The lowest BCUT2D eigenvalue weighted by atomic mass is 10.2. The molecule has 0 aliphatic carbocycles. The SMILES string of the molecule is CC(NC=O)c1cnccn1. The third-order valence-electron chi connectivity index (χ3n) is 1.34. The highest BCUT2D eigenvalue weighted by Crippen LogP contribution is 2.04. The van der Waals surface area contributed by atoms with Gasteiger partial charge in [-0.3, -0.25) is 14.8 Å². The maximum absolute atomic E-state index is 10.0. The van der Waals surface area contributed by atoms with Gasteiger partial charge in [-0.1, -0.05) is 0 Å². The van der Waals surface area contributed by atoms with Crippen LogP contribution in [-0.4, -0.2) is 16.4 Å². The Morgan fingerprint density at radius 3 is 3.00 bits per heavy atom. The van der Waals surface area contributed by atoms with Crippen molar-refractivity contribution in [3.8, 4) is 0 Å². The first-order valence-corrected chi connectivity index (χ1v) is 3.30. The quantitative estimate of drug-likeness (QED) is 0.631. The highest BCUT2D eigenvalue weighted by molar-refractivity contribution is 5.47. The summed E-state index contributed by atoms with van der Waals surface area (Å²) in [6, 6.07) is -0.0683. The molecule has 0 aliphatic heterocycles. The van der Waals surface area contributed by atoms with Crippen LogP contribution in [0, 0.1) is 0 Å². The number of carbonyl (C=O) groups excluding carboxylic acids is 1. The second-order valence-electron chi connectivity index (χ2n) is 2.14. The van der Waals surface area contributed by atoms with Crippen LogP contribution in [0.25, 0.3) is 0 Å². The second-order valence-corrected chi connectivity index (χ2v) is 2.14. The lowest BCUT2D eigenvalue weighted by molar-refractivity contribution is -0.110. The van der Waals surface area contributed by atoms with Crippen molar-refractivity contribution < 1.29 is 4.79 Å². The van der Waals surface area contributed by atoms with E-state index >= 15 is 0 Å². The van der Waals surface area contributed by atoms with Crippen LogP contribution in [0.15, 0.2) is 18.6 Å². The molecule has 1 rings (SSSR count). The molecule has 1 amide bonds. The van der Waals surface area contributed by atoms with E-state index in [1.165, 1.54) is 0 Å². The van der Waals surface area contributed by atoms with E-state index in [1.54, 1.807) is 18.6 Å². The molecule has 58 valence electrons. The van der Waals surface area contributed by atoms with Gasteiger partial charge in [0.25, 0.3) is 0 Å². The molecule has 0 saturated heterocycles.